The molecule has 1 rings (SSSR count). The van der Waals surface area contributed by atoms with E-state index in [1.54, 1.807) is 12.1 Å². The first kappa shape index (κ1) is 10.6. The SMILES string of the molecule is CC(C)/C=C/c1nc(Cl)ccc1Cl. The lowest BCUT2D eigenvalue weighted by Crippen LogP contribution is -1.84. The van der Waals surface area contributed by atoms with E-state index in [0.29, 0.717) is 16.1 Å². The summed E-state index contributed by atoms with van der Waals surface area (Å²) in [6.45, 7) is 4.18. The van der Waals surface area contributed by atoms with E-state index in [0.717, 1.165) is 5.69 Å². The minimum Gasteiger partial charge on any atom is -0.235 e. The minimum absolute atomic E-state index is 0.466. The Kier molecular flexibility index (Phi) is 3.76. The summed E-state index contributed by atoms with van der Waals surface area (Å²) in [5.41, 5.74) is 0.725. The van der Waals surface area contributed by atoms with E-state index in [1.165, 1.54) is 0 Å². The van der Waals surface area contributed by atoms with Crippen molar-refractivity contribution in [1.29, 1.82) is 0 Å². The molecule has 0 atom stereocenters. The molecule has 0 saturated carbocycles. The lowest BCUT2D eigenvalue weighted by molar-refractivity contribution is 0.836. The van der Waals surface area contributed by atoms with Crippen molar-refractivity contribution in [2.45, 2.75) is 13.8 Å². The number of allylic oxidation sites excluding steroid dienone is 1. The lowest BCUT2D eigenvalue weighted by atomic mass is 10.2. The van der Waals surface area contributed by atoms with Crippen LogP contribution < -0.4 is 0 Å². The van der Waals surface area contributed by atoms with Crippen LogP contribution >= 0.6 is 23.2 Å². The van der Waals surface area contributed by atoms with Crippen molar-refractivity contribution in [3.05, 3.63) is 34.1 Å². The Bertz CT molecular complexity index is 319. The molecule has 1 nitrogen and oxygen atoms in total. The second-order valence-electron chi connectivity index (χ2n) is 3.10. The number of hydrogen-bond donors (Lipinski definition) is 0. The zero-order valence-electron chi connectivity index (χ0n) is 7.59. The standard InChI is InChI=1S/C10H11Cl2N/c1-7(2)3-5-9-8(11)4-6-10(12)13-9/h3-7H,1-2H3/b5-3+. The molecular weight excluding hydrogens is 205 g/mol. The predicted octanol–water partition coefficient (Wildman–Crippen LogP) is 4.06. The maximum atomic E-state index is 5.91. The van der Waals surface area contributed by atoms with E-state index >= 15 is 0 Å². The smallest absolute Gasteiger partial charge is 0.129 e. The summed E-state index contributed by atoms with van der Waals surface area (Å²) < 4.78 is 0. The van der Waals surface area contributed by atoms with Crippen LogP contribution in [0.3, 0.4) is 0 Å². The van der Waals surface area contributed by atoms with Gasteiger partial charge < -0.3 is 0 Å². The molecule has 0 unspecified atom stereocenters. The van der Waals surface area contributed by atoms with Crippen LogP contribution in [0.25, 0.3) is 6.08 Å². The monoisotopic (exact) mass is 215 g/mol. The Morgan fingerprint density at radius 2 is 2.00 bits per heavy atom. The van der Waals surface area contributed by atoms with E-state index in [2.05, 4.69) is 18.8 Å². The van der Waals surface area contributed by atoms with E-state index in [1.807, 2.05) is 12.2 Å². The first-order valence-electron chi connectivity index (χ1n) is 4.10. The Hall–Kier alpha value is -0.530. The highest BCUT2D eigenvalue weighted by Crippen LogP contribution is 2.18. The van der Waals surface area contributed by atoms with Crippen molar-refractivity contribution in [3.63, 3.8) is 0 Å². The molecule has 0 aliphatic rings. The molecule has 70 valence electrons. The van der Waals surface area contributed by atoms with Gasteiger partial charge in [0.15, 0.2) is 0 Å². The molecule has 3 heteroatoms. The van der Waals surface area contributed by atoms with Crippen LogP contribution in [0.5, 0.6) is 0 Å². The minimum atomic E-state index is 0.466. The summed E-state index contributed by atoms with van der Waals surface area (Å²) in [6, 6.07) is 3.42. The second kappa shape index (κ2) is 4.64. The van der Waals surface area contributed by atoms with E-state index in [-0.39, 0.29) is 0 Å². The van der Waals surface area contributed by atoms with Gasteiger partial charge in [0.25, 0.3) is 0 Å². The number of pyridine rings is 1. The number of hydrogen-bond acceptors (Lipinski definition) is 1. The molecule has 1 aromatic rings. The quantitative estimate of drug-likeness (QED) is 0.679. The summed E-state index contributed by atoms with van der Waals surface area (Å²) in [5, 5.41) is 1.09. The summed E-state index contributed by atoms with van der Waals surface area (Å²) in [7, 11) is 0. The van der Waals surface area contributed by atoms with Gasteiger partial charge in [-0.2, -0.15) is 0 Å². The Morgan fingerprint density at radius 1 is 1.31 bits per heavy atom. The maximum Gasteiger partial charge on any atom is 0.129 e. The zero-order valence-corrected chi connectivity index (χ0v) is 9.10. The second-order valence-corrected chi connectivity index (χ2v) is 3.90. The molecule has 0 aliphatic heterocycles. The third kappa shape index (κ3) is 3.37. The van der Waals surface area contributed by atoms with Crippen LogP contribution in [0.4, 0.5) is 0 Å². The van der Waals surface area contributed by atoms with Crippen molar-refractivity contribution < 1.29 is 0 Å². The Labute approximate surface area is 88.4 Å². The number of rotatable bonds is 2. The molecule has 0 radical (unpaired) electrons. The molecule has 13 heavy (non-hydrogen) atoms. The van der Waals surface area contributed by atoms with E-state index in [9.17, 15) is 0 Å². The van der Waals surface area contributed by atoms with Crippen LogP contribution in [0.15, 0.2) is 18.2 Å². The highest BCUT2D eigenvalue weighted by Gasteiger charge is 1.98. The topological polar surface area (TPSA) is 12.9 Å². The molecule has 1 heterocycles. The normalized spacial score (nSPS) is 11.5. The first-order valence-corrected chi connectivity index (χ1v) is 4.85. The summed E-state index contributed by atoms with van der Waals surface area (Å²) in [4.78, 5) is 4.09. The molecule has 0 saturated heterocycles. The van der Waals surface area contributed by atoms with Crippen LogP contribution in [-0.2, 0) is 0 Å². The van der Waals surface area contributed by atoms with Gasteiger partial charge in [0.2, 0.25) is 0 Å². The van der Waals surface area contributed by atoms with Crippen LogP contribution in [0, 0.1) is 5.92 Å². The van der Waals surface area contributed by atoms with Crippen molar-refractivity contribution in [2.24, 2.45) is 5.92 Å². The average molecular weight is 216 g/mol. The van der Waals surface area contributed by atoms with Gasteiger partial charge in [-0.25, -0.2) is 4.98 Å². The fourth-order valence-corrected chi connectivity index (χ4v) is 1.16. The van der Waals surface area contributed by atoms with Crippen molar-refractivity contribution in [3.8, 4) is 0 Å². The van der Waals surface area contributed by atoms with E-state index in [4.69, 9.17) is 23.2 Å². The fraction of sp³-hybridized carbons (Fsp3) is 0.300. The fourth-order valence-electron chi connectivity index (χ4n) is 0.834. The Balaban J connectivity index is 2.93. The van der Waals surface area contributed by atoms with Crippen molar-refractivity contribution in [2.75, 3.05) is 0 Å². The number of aromatic nitrogens is 1. The number of nitrogens with zero attached hydrogens (tertiary/aromatic N) is 1. The molecule has 0 N–H and O–H groups in total. The van der Waals surface area contributed by atoms with Gasteiger partial charge >= 0.3 is 0 Å². The van der Waals surface area contributed by atoms with Gasteiger partial charge in [0.05, 0.1) is 10.7 Å². The molecule has 0 amide bonds. The summed E-state index contributed by atoms with van der Waals surface area (Å²) >= 11 is 11.6. The van der Waals surface area contributed by atoms with Crippen molar-refractivity contribution in [1.82, 2.24) is 4.98 Å². The third-order valence-electron chi connectivity index (χ3n) is 1.48. The molecule has 0 bridgehead atoms. The molecule has 0 spiro atoms. The van der Waals surface area contributed by atoms with Crippen LogP contribution in [-0.4, -0.2) is 4.98 Å². The maximum absolute atomic E-state index is 5.91. The van der Waals surface area contributed by atoms with Gasteiger partial charge in [0.1, 0.15) is 5.15 Å². The highest BCUT2D eigenvalue weighted by molar-refractivity contribution is 6.33. The van der Waals surface area contributed by atoms with Gasteiger partial charge in [-0.05, 0) is 24.1 Å². The molecule has 1 aromatic heterocycles. The predicted molar refractivity (Wildman–Crippen MR) is 58.1 cm³/mol. The zero-order chi connectivity index (χ0) is 9.84. The first-order chi connectivity index (χ1) is 6.09. The van der Waals surface area contributed by atoms with Gasteiger partial charge in [-0.3, -0.25) is 0 Å². The largest absolute Gasteiger partial charge is 0.235 e. The third-order valence-corrected chi connectivity index (χ3v) is 2.01. The molecule has 0 fully saturated rings. The Morgan fingerprint density at radius 3 is 2.62 bits per heavy atom. The van der Waals surface area contributed by atoms with Gasteiger partial charge in [-0.15, -0.1) is 0 Å². The van der Waals surface area contributed by atoms with Crippen LogP contribution in [0.1, 0.15) is 19.5 Å². The number of halogens is 2. The van der Waals surface area contributed by atoms with Gasteiger partial charge in [0, 0.05) is 0 Å². The van der Waals surface area contributed by atoms with E-state index < -0.39 is 0 Å². The molecule has 0 aromatic carbocycles. The summed E-state index contributed by atoms with van der Waals surface area (Å²) in [5.74, 6) is 0.483. The van der Waals surface area contributed by atoms with Crippen molar-refractivity contribution >= 4 is 29.3 Å². The highest BCUT2D eigenvalue weighted by atomic mass is 35.5. The average Bonchev–Trinajstić information content (AvgIpc) is 2.06. The molecular formula is C10H11Cl2N. The lowest BCUT2D eigenvalue weighted by Gasteiger charge is -1.98. The molecule has 0 aliphatic carbocycles. The van der Waals surface area contributed by atoms with Crippen LogP contribution in [0.2, 0.25) is 10.2 Å². The summed E-state index contributed by atoms with van der Waals surface area (Å²) in [6.07, 6.45) is 3.92. The van der Waals surface area contributed by atoms with Gasteiger partial charge in [-0.1, -0.05) is 43.1 Å².